The molecule has 0 amide bonds. The van der Waals surface area contributed by atoms with Crippen LogP contribution in [0.5, 0.6) is 0 Å². The van der Waals surface area contributed by atoms with Crippen LogP contribution in [-0.2, 0) is 0 Å². The van der Waals surface area contributed by atoms with Crippen molar-refractivity contribution in [3.8, 4) is 0 Å². The van der Waals surface area contributed by atoms with Gasteiger partial charge in [0.05, 0.1) is 13.6 Å². The summed E-state index contributed by atoms with van der Waals surface area (Å²) in [5, 5.41) is 2.26. The van der Waals surface area contributed by atoms with E-state index >= 15 is 0 Å². The first-order valence-electron chi connectivity index (χ1n) is 4.19. The molecule has 0 aromatic carbocycles. The minimum absolute atomic E-state index is 1.31. The molecule has 0 radical (unpaired) electrons. The molecule has 0 bridgehead atoms. The van der Waals surface area contributed by atoms with E-state index in [2.05, 4.69) is 19.3 Å². The second kappa shape index (κ2) is 7.96. The average Bonchev–Trinajstić information content (AvgIpc) is 1.89. The maximum absolute atomic E-state index is 2.26. The Bertz CT molecular complexity index is 37.8. The van der Waals surface area contributed by atoms with Crippen LogP contribution in [0.25, 0.3) is 0 Å². The van der Waals surface area contributed by atoms with Crippen LogP contribution in [0.15, 0.2) is 0 Å². The highest BCUT2D eigenvalue weighted by molar-refractivity contribution is 4.39. The second-order valence-electron chi connectivity index (χ2n) is 2.61. The molecule has 0 rings (SSSR count). The molecule has 9 heavy (non-hydrogen) atoms. The molecule has 0 fully saturated rings. The van der Waals surface area contributed by atoms with E-state index in [4.69, 9.17) is 0 Å². The molecule has 0 aromatic rings. The summed E-state index contributed by atoms with van der Waals surface area (Å²) in [4.78, 5) is 0. The van der Waals surface area contributed by atoms with E-state index in [0.29, 0.717) is 0 Å². The van der Waals surface area contributed by atoms with Crippen molar-refractivity contribution in [1.82, 2.24) is 0 Å². The lowest BCUT2D eigenvalue weighted by atomic mass is 10.1. The predicted octanol–water partition coefficient (Wildman–Crippen LogP) is 1.15. The van der Waals surface area contributed by atoms with Crippen LogP contribution < -0.4 is 5.32 Å². The van der Waals surface area contributed by atoms with Crippen molar-refractivity contribution in [2.75, 3.05) is 13.6 Å². The molecular formula is C8H20N+. The number of nitrogens with two attached hydrogens (primary N) is 1. The second-order valence-corrected chi connectivity index (χ2v) is 2.61. The summed E-state index contributed by atoms with van der Waals surface area (Å²) in [5.41, 5.74) is 0. The van der Waals surface area contributed by atoms with Gasteiger partial charge in [0.15, 0.2) is 0 Å². The number of hydrogen-bond acceptors (Lipinski definition) is 0. The van der Waals surface area contributed by atoms with Crippen molar-refractivity contribution >= 4 is 0 Å². The van der Waals surface area contributed by atoms with Crippen molar-refractivity contribution in [2.24, 2.45) is 0 Å². The lowest BCUT2D eigenvalue weighted by Gasteiger charge is -1.95. The highest BCUT2D eigenvalue weighted by Crippen LogP contribution is 1.99. The molecule has 0 aliphatic heterocycles. The predicted molar refractivity (Wildman–Crippen MR) is 41.5 cm³/mol. The Kier molecular flexibility index (Phi) is 7.92. The molecule has 0 spiro atoms. The van der Waals surface area contributed by atoms with Gasteiger partial charge in [-0.05, 0) is 12.8 Å². The molecular weight excluding hydrogens is 110 g/mol. The summed E-state index contributed by atoms with van der Waals surface area (Å²) < 4.78 is 0. The number of unbranched alkanes of at least 4 members (excludes halogenated alkanes) is 4. The number of rotatable bonds is 6. The Balaban J connectivity index is 2.60. The summed E-state index contributed by atoms with van der Waals surface area (Å²) in [7, 11) is 2.14. The minimum Gasteiger partial charge on any atom is -0.349 e. The van der Waals surface area contributed by atoms with E-state index in [-0.39, 0.29) is 0 Å². The van der Waals surface area contributed by atoms with Gasteiger partial charge in [0.1, 0.15) is 0 Å². The van der Waals surface area contributed by atoms with Gasteiger partial charge in [-0.1, -0.05) is 26.2 Å². The maximum atomic E-state index is 2.26. The lowest BCUT2D eigenvalue weighted by molar-refractivity contribution is -0.627. The van der Waals surface area contributed by atoms with Gasteiger partial charge in [0, 0.05) is 0 Å². The topological polar surface area (TPSA) is 16.6 Å². The fourth-order valence-corrected chi connectivity index (χ4v) is 0.952. The summed E-state index contributed by atoms with van der Waals surface area (Å²) in [6.07, 6.45) is 7.04. The highest BCUT2D eigenvalue weighted by atomic mass is 14.8. The van der Waals surface area contributed by atoms with Crippen LogP contribution >= 0.6 is 0 Å². The van der Waals surface area contributed by atoms with Crippen LogP contribution in [0, 0.1) is 0 Å². The highest BCUT2D eigenvalue weighted by Gasteiger charge is 1.87. The van der Waals surface area contributed by atoms with Crippen molar-refractivity contribution < 1.29 is 5.32 Å². The molecule has 0 saturated heterocycles. The van der Waals surface area contributed by atoms with Gasteiger partial charge in [0.25, 0.3) is 0 Å². The normalized spacial score (nSPS) is 10.0. The lowest BCUT2D eigenvalue weighted by Crippen LogP contribution is -2.79. The Hall–Kier alpha value is -0.0400. The maximum Gasteiger partial charge on any atom is 0.0753 e. The molecule has 0 saturated carbocycles. The molecule has 0 atom stereocenters. The Morgan fingerprint density at radius 1 is 1.00 bits per heavy atom. The van der Waals surface area contributed by atoms with Crippen molar-refractivity contribution in [3.05, 3.63) is 0 Å². The van der Waals surface area contributed by atoms with Crippen LogP contribution in [-0.4, -0.2) is 13.6 Å². The van der Waals surface area contributed by atoms with Gasteiger partial charge in [-0.25, -0.2) is 0 Å². The van der Waals surface area contributed by atoms with Gasteiger partial charge < -0.3 is 5.32 Å². The van der Waals surface area contributed by atoms with Gasteiger partial charge in [0.2, 0.25) is 0 Å². The molecule has 0 heterocycles. The number of hydrogen-bond donors (Lipinski definition) is 1. The zero-order chi connectivity index (χ0) is 6.95. The van der Waals surface area contributed by atoms with Crippen LogP contribution in [0.4, 0.5) is 0 Å². The number of quaternary nitrogens is 1. The van der Waals surface area contributed by atoms with Gasteiger partial charge in [-0.15, -0.1) is 0 Å². The van der Waals surface area contributed by atoms with E-state index in [1.54, 1.807) is 0 Å². The molecule has 56 valence electrons. The summed E-state index contributed by atoms with van der Waals surface area (Å²) in [6.45, 7) is 3.57. The SMILES string of the molecule is CCCCCCC[NH2+]C. The Labute approximate surface area is 58.8 Å². The molecule has 0 unspecified atom stereocenters. The first kappa shape index (κ1) is 8.96. The average molecular weight is 130 g/mol. The fourth-order valence-electron chi connectivity index (χ4n) is 0.952. The van der Waals surface area contributed by atoms with Crippen molar-refractivity contribution in [2.45, 2.75) is 39.0 Å². The van der Waals surface area contributed by atoms with Gasteiger partial charge >= 0.3 is 0 Å². The third kappa shape index (κ3) is 7.96. The third-order valence-corrected chi connectivity index (χ3v) is 1.60. The first-order chi connectivity index (χ1) is 4.41. The largest absolute Gasteiger partial charge is 0.349 e. The first-order valence-corrected chi connectivity index (χ1v) is 4.19. The van der Waals surface area contributed by atoms with Crippen LogP contribution in [0.3, 0.4) is 0 Å². The summed E-state index contributed by atoms with van der Waals surface area (Å²) in [6, 6.07) is 0. The Morgan fingerprint density at radius 2 is 1.67 bits per heavy atom. The van der Waals surface area contributed by atoms with Crippen LogP contribution in [0.2, 0.25) is 0 Å². The van der Waals surface area contributed by atoms with E-state index in [9.17, 15) is 0 Å². The van der Waals surface area contributed by atoms with Crippen molar-refractivity contribution in [1.29, 1.82) is 0 Å². The minimum atomic E-state index is 1.31. The summed E-state index contributed by atoms with van der Waals surface area (Å²) in [5.74, 6) is 0. The van der Waals surface area contributed by atoms with Gasteiger partial charge in [-0.2, -0.15) is 0 Å². The van der Waals surface area contributed by atoms with E-state index in [0.717, 1.165) is 0 Å². The zero-order valence-electron chi connectivity index (χ0n) is 6.82. The van der Waals surface area contributed by atoms with Crippen LogP contribution in [0.1, 0.15) is 39.0 Å². The quantitative estimate of drug-likeness (QED) is 0.519. The fraction of sp³-hybridized carbons (Fsp3) is 1.00. The smallest absolute Gasteiger partial charge is 0.0753 e. The molecule has 0 aliphatic carbocycles. The summed E-state index contributed by atoms with van der Waals surface area (Å²) >= 11 is 0. The van der Waals surface area contributed by atoms with E-state index in [1.165, 1.54) is 38.6 Å². The standard InChI is InChI=1S/C8H19N/c1-3-4-5-6-7-8-9-2/h9H,3-8H2,1-2H3/p+1. The third-order valence-electron chi connectivity index (χ3n) is 1.60. The molecule has 0 aromatic heterocycles. The van der Waals surface area contributed by atoms with Crippen molar-refractivity contribution in [3.63, 3.8) is 0 Å². The zero-order valence-corrected chi connectivity index (χ0v) is 6.82. The molecule has 0 aliphatic rings. The molecule has 1 nitrogen and oxygen atoms in total. The Morgan fingerprint density at radius 3 is 2.22 bits per heavy atom. The van der Waals surface area contributed by atoms with E-state index in [1.807, 2.05) is 0 Å². The molecule has 2 N–H and O–H groups in total. The molecule has 1 heteroatoms. The monoisotopic (exact) mass is 130 g/mol. The van der Waals surface area contributed by atoms with E-state index < -0.39 is 0 Å². The van der Waals surface area contributed by atoms with Gasteiger partial charge in [-0.3, -0.25) is 0 Å².